The molecular weight excluding hydrogens is 386 g/mol. The lowest BCUT2D eigenvalue weighted by atomic mass is 10.1. The third kappa shape index (κ3) is 5.35. The van der Waals surface area contributed by atoms with Crippen LogP contribution in [0.2, 0.25) is 5.02 Å². The summed E-state index contributed by atoms with van der Waals surface area (Å²) in [5, 5.41) is 0.738. The Morgan fingerprint density at radius 3 is 2.52 bits per heavy atom. The summed E-state index contributed by atoms with van der Waals surface area (Å²) in [6.07, 6.45) is 7.46. The van der Waals surface area contributed by atoms with E-state index in [2.05, 4.69) is 24.3 Å². The third-order valence-corrected chi connectivity index (χ3v) is 5.52. The molecule has 2 aromatic heterocycles. The highest BCUT2D eigenvalue weighted by molar-refractivity contribution is 6.30. The summed E-state index contributed by atoms with van der Waals surface area (Å²) in [5.41, 5.74) is 2.18. The van der Waals surface area contributed by atoms with Crippen LogP contribution in [0.15, 0.2) is 55.1 Å². The van der Waals surface area contributed by atoms with Crippen molar-refractivity contribution in [3.05, 3.63) is 77.1 Å². The number of piperazine rings is 1. The molecule has 0 bridgehead atoms. The number of imidazole rings is 1. The van der Waals surface area contributed by atoms with Gasteiger partial charge in [-0.2, -0.15) is 0 Å². The molecule has 1 fully saturated rings. The van der Waals surface area contributed by atoms with Gasteiger partial charge < -0.3 is 9.30 Å². The van der Waals surface area contributed by atoms with Crippen LogP contribution in [0.3, 0.4) is 0 Å². The van der Waals surface area contributed by atoms with Gasteiger partial charge in [0.2, 0.25) is 0 Å². The van der Waals surface area contributed by atoms with Crippen LogP contribution in [0.25, 0.3) is 0 Å². The Hall–Kier alpha value is -2.41. The molecule has 0 amide bonds. The van der Waals surface area contributed by atoms with Crippen molar-refractivity contribution in [3.8, 4) is 5.75 Å². The number of halogens is 1. The van der Waals surface area contributed by atoms with E-state index in [0.29, 0.717) is 6.61 Å². The highest BCUT2D eigenvalue weighted by Gasteiger charge is 2.19. The molecule has 0 spiro atoms. The molecular formula is C22H26ClN5O. The van der Waals surface area contributed by atoms with Crippen LogP contribution in [0.4, 0.5) is 0 Å². The fourth-order valence-electron chi connectivity index (χ4n) is 3.55. The minimum atomic E-state index is 0.500. The summed E-state index contributed by atoms with van der Waals surface area (Å²) >= 11 is 6.27. The predicted molar refractivity (Wildman–Crippen MR) is 114 cm³/mol. The van der Waals surface area contributed by atoms with E-state index in [0.717, 1.165) is 67.0 Å². The summed E-state index contributed by atoms with van der Waals surface area (Å²) in [7, 11) is 2.05. The molecule has 0 saturated carbocycles. The van der Waals surface area contributed by atoms with Crippen LogP contribution in [0, 0.1) is 0 Å². The van der Waals surface area contributed by atoms with Gasteiger partial charge in [0.05, 0.1) is 6.54 Å². The molecule has 1 aromatic carbocycles. The number of aromatic nitrogens is 3. The predicted octanol–water partition coefficient (Wildman–Crippen LogP) is 3.37. The highest BCUT2D eigenvalue weighted by atomic mass is 35.5. The van der Waals surface area contributed by atoms with Crippen molar-refractivity contribution in [3.63, 3.8) is 0 Å². The van der Waals surface area contributed by atoms with Crippen molar-refractivity contribution in [2.45, 2.75) is 19.7 Å². The number of aryl methyl sites for hydroxylation is 1. The maximum absolute atomic E-state index is 6.27. The molecule has 3 aromatic rings. The van der Waals surface area contributed by atoms with Crippen LogP contribution in [-0.4, -0.2) is 50.5 Å². The van der Waals surface area contributed by atoms with E-state index in [4.69, 9.17) is 16.3 Å². The normalized spacial score (nSPS) is 15.5. The standard InChI is InChI=1S/C22H26ClN5O/c1-26-8-7-25-22(26)16-28-11-9-27(10-12-28)15-19-13-20(23)4-5-21(19)29-17-18-3-2-6-24-14-18/h2-8,13-14H,9-12,15-17H2,1H3. The van der Waals surface area contributed by atoms with E-state index >= 15 is 0 Å². The van der Waals surface area contributed by atoms with E-state index in [9.17, 15) is 0 Å². The van der Waals surface area contributed by atoms with Gasteiger partial charge in [-0.25, -0.2) is 4.98 Å². The first-order valence-electron chi connectivity index (χ1n) is 9.88. The SMILES string of the molecule is Cn1ccnc1CN1CCN(Cc2cc(Cl)ccc2OCc2cccnc2)CC1. The van der Waals surface area contributed by atoms with Gasteiger partial charge in [0, 0.05) is 80.7 Å². The quantitative estimate of drug-likeness (QED) is 0.596. The van der Waals surface area contributed by atoms with E-state index in [1.165, 1.54) is 0 Å². The number of nitrogens with zero attached hydrogens (tertiary/aromatic N) is 5. The first-order valence-corrected chi connectivity index (χ1v) is 10.3. The zero-order valence-electron chi connectivity index (χ0n) is 16.7. The van der Waals surface area contributed by atoms with E-state index in [-0.39, 0.29) is 0 Å². The fourth-order valence-corrected chi connectivity index (χ4v) is 3.75. The van der Waals surface area contributed by atoms with Crippen molar-refractivity contribution in [1.29, 1.82) is 0 Å². The number of rotatable bonds is 7. The van der Waals surface area contributed by atoms with Gasteiger partial charge in [0.25, 0.3) is 0 Å². The van der Waals surface area contributed by atoms with Gasteiger partial charge in [-0.05, 0) is 24.3 Å². The molecule has 29 heavy (non-hydrogen) atoms. The van der Waals surface area contributed by atoms with E-state index in [1.807, 2.05) is 56.0 Å². The number of hydrogen-bond donors (Lipinski definition) is 0. The van der Waals surface area contributed by atoms with Crippen molar-refractivity contribution in [2.24, 2.45) is 7.05 Å². The van der Waals surface area contributed by atoms with Gasteiger partial charge in [0.15, 0.2) is 0 Å². The maximum atomic E-state index is 6.27. The molecule has 1 aliphatic rings. The number of benzene rings is 1. The summed E-state index contributed by atoms with van der Waals surface area (Å²) in [6.45, 7) is 6.31. The summed E-state index contributed by atoms with van der Waals surface area (Å²) in [5.74, 6) is 1.99. The molecule has 0 atom stereocenters. The third-order valence-electron chi connectivity index (χ3n) is 5.28. The minimum Gasteiger partial charge on any atom is -0.489 e. The molecule has 0 unspecified atom stereocenters. The first-order chi connectivity index (χ1) is 14.2. The molecule has 1 aliphatic heterocycles. The smallest absolute Gasteiger partial charge is 0.124 e. The van der Waals surface area contributed by atoms with Crippen molar-refractivity contribution >= 4 is 11.6 Å². The molecule has 7 heteroatoms. The number of hydrogen-bond acceptors (Lipinski definition) is 5. The summed E-state index contributed by atoms with van der Waals surface area (Å²) in [4.78, 5) is 13.5. The maximum Gasteiger partial charge on any atom is 0.124 e. The summed E-state index contributed by atoms with van der Waals surface area (Å²) < 4.78 is 8.16. The van der Waals surface area contributed by atoms with Crippen LogP contribution < -0.4 is 4.74 Å². The lowest BCUT2D eigenvalue weighted by molar-refractivity contribution is 0.118. The second kappa shape index (κ2) is 9.39. The molecule has 0 radical (unpaired) electrons. The van der Waals surface area contributed by atoms with Gasteiger partial charge in [0.1, 0.15) is 18.2 Å². The van der Waals surface area contributed by atoms with E-state index < -0.39 is 0 Å². The lowest BCUT2D eigenvalue weighted by Crippen LogP contribution is -2.45. The Bertz CT molecular complexity index is 922. The Labute approximate surface area is 176 Å². The van der Waals surface area contributed by atoms with Crippen molar-refractivity contribution in [2.75, 3.05) is 26.2 Å². The molecule has 152 valence electrons. The zero-order chi connectivity index (χ0) is 20.1. The Kier molecular flexibility index (Phi) is 6.44. The molecule has 1 saturated heterocycles. The van der Waals surface area contributed by atoms with E-state index in [1.54, 1.807) is 6.20 Å². The first kappa shape index (κ1) is 19.9. The number of ether oxygens (including phenoxy) is 1. The lowest BCUT2D eigenvalue weighted by Gasteiger charge is -2.34. The largest absolute Gasteiger partial charge is 0.489 e. The van der Waals surface area contributed by atoms with Crippen molar-refractivity contribution in [1.82, 2.24) is 24.3 Å². The fraction of sp³-hybridized carbons (Fsp3) is 0.364. The second-order valence-electron chi connectivity index (χ2n) is 7.41. The van der Waals surface area contributed by atoms with Gasteiger partial charge in [-0.15, -0.1) is 0 Å². The summed E-state index contributed by atoms with van der Waals surface area (Å²) in [6, 6.07) is 9.80. The molecule has 4 rings (SSSR count). The van der Waals surface area contributed by atoms with Crippen molar-refractivity contribution < 1.29 is 4.74 Å². The zero-order valence-corrected chi connectivity index (χ0v) is 17.4. The Morgan fingerprint density at radius 2 is 1.83 bits per heavy atom. The monoisotopic (exact) mass is 411 g/mol. The van der Waals surface area contributed by atoms with Gasteiger partial charge in [-0.3, -0.25) is 14.8 Å². The van der Waals surface area contributed by atoms with Gasteiger partial charge in [-0.1, -0.05) is 17.7 Å². The minimum absolute atomic E-state index is 0.500. The van der Waals surface area contributed by atoms with Crippen LogP contribution in [-0.2, 0) is 26.7 Å². The average Bonchev–Trinajstić information content (AvgIpc) is 3.14. The molecule has 0 aliphatic carbocycles. The van der Waals surface area contributed by atoms with Gasteiger partial charge >= 0.3 is 0 Å². The molecule has 3 heterocycles. The topological polar surface area (TPSA) is 46.4 Å². The second-order valence-corrected chi connectivity index (χ2v) is 7.85. The molecule has 0 N–H and O–H groups in total. The average molecular weight is 412 g/mol. The van der Waals surface area contributed by atoms with Crippen LogP contribution >= 0.6 is 11.6 Å². The Morgan fingerprint density at radius 1 is 1.03 bits per heavy atom. The molecule has 6 nitrogen and oxygen atoms in total. The van der Waals surface area contributed by atoms with Crippen LogP contribution in [0.1, 0.15) is 17.0 Å². The van der Waals surface area contributed by atoms with Crippen LogP contribution in [0.5, 0.6) is 5.75 Å². The Balaban J connectivity index is 1.34. The highest BCUT2D eigenvalue weighted by Crippen LogP contribution is 2.26. The number of pyridine rings is 1.